The average Bonchev–Trinajstić information content (AvgIpc) is 2.73. The van der Waals surface area contributed by atoms with Crippen molar-refractivity contribution in [2.75, 3.05) is 57.7 Å². The Kier molecular flexibility index (Phi) is 6.13. The maximum absolute atomic E-state index is 12.7. The van der Waals surface area contributed by atoms with Crippen molar-refractivity contribution in [1.29, 1.82) is 0 Å². The number of nitrogens with one attached hydrogen (secondary N) is 1. The number of amides is 2. The Morgan fingerprint density at radius 1 is 0.929 bits per heavy atom. The van der Waals surface area contributed by atoms with Gasteiger partial charge in [0.1, 0.15) is 0 Å². The van der Waals surface area contributed by atoms with Gasteiger partial charge in [-0.1, -0.05) is 12.1 Å². The van der Waals surface area contributed by atoms with Gasteiger partial charge in [-0.3, -0.25) is 0 Å². The molecule has 1 fully saturated rings. The summed E-state index contributed by atoms with van der Waals surface area (Å²) in [6.45, 7) is 5.00. The Balaban J connectivity index is 1.64. The van der Waals surface area contributed by atoms with Crippen molar-refractivity contribution in [2.24, 2.45) is 0 Å². The normalized spacial score (nSPS) is 13.9. The van der Waals surface area contributed by atoms with Crippen LogP contribution in [0.1, 0.15) is 5.56 Å². The number of ether oxygens (including phenoxy) is 3. The summed E-state index contributed by atoms with van der Waals surface area (Å²) >= 11 is 0. The van der Waals surface area contributed by atoms with Gasteiger partial charge in [-0.05, 0) is 24.6 Å². The molecule has 150 valence electrons. The molecule has 7 nitrogen and oxygen atoms in total. The molecule has 1 aliphatic heterocycles. The van der Waals surface area contributed by atoms with Crippen LogP contribution in [-0.2, 0) is 0 Å². The first-order valence-corrected chi connectivity index (χ1v) is 9.23. The summed E-state index contributed by atoms with van der Waals surface area (Å²) in [5.74, 6) is 1.50. The second-order valence-corrected chi connectivity index (χ2v) is 6.66. The molecule has 28 heavy (non-hydrogen) atoms. The first kappa shape index (κ1) is 19.7. The first-order valence-electron chi connectivity index (χ1n) is 9.23. The van der Waals surface area contributed by atoms with E-state index < -0.39 is 0 Å². The fraction of sp³-hybridized carbons (Fsp3) is 0.381. The van der Waals surface area contributed by atoms with Gasteiger partial charge >= 0.3 is 6.03 Å². The molecule has 0 unspecified atom stereocenters. The van der Waals surface area contributed by atoms with Crippen LogP contribution in [0.15, 0.2) is 36.4 Å². The van der Waals surface area contributed by atoms with Gasteiger partial charge < -0.3 is 29.3 Å². The molecular weight excluding hydrogens is 358 g/mol. The van der Waals surface area contributed by atoms with Gasteiger partial charge in [-0.2, -0.15) is 0 Å². The van der Waals surface area contributed by atoms with Crippen LogP contribution in [0, 0.1) is 6.92 Å². The summed E-state index contributed by atoms with van der Waals surface area (Å²) in [6.07, 6.45) is 0. The fourth-order valence-electron chi connectivity index (χ4n) is 3.35. The minimum Gasteiger partial charge on any atom is -0.493 e. The van der Waals surface area contributed by atoms with Crippen LogP contribution >= 0.6 is 0 Å². The molecule has 0 bridgehead atoms. The number of aryl methyl sites for hydroxylation is 1. The van der Waals surface area contributed by atoms with E-state index >= 15 is 0 Å². The fourth-order valence-corrected chi connectivity index (χ4v) is 3.35. The number of hydrogen-bond acceptors (Lipinski definition) is 5. The molecule has 1 saturated heterocycles. The maximum atomic E-state index is 12.7. The van der Waals surface area contributed by atoms with Gasteiger partial charge in [0, 0.05) is 44.0 Å². The van der Waals surface area contributed by atoms with Crippen molar-refractivity contribution in [3.8, 4) is 17.2 Å². The zero-order chi connectivity index (χ0) is 20.1. The van der Waals surface area contributed by atoms with E-state index in [4.69, 9.17) is 14.2 Å². The van der Waals surface area contributed by atoms with Crippen LogP contribution < -0.4 is 24.4 Å². The lowest BCUT2D eigenvalue weighted by Crippen LogP contribution is -2.50. The number of hydrogen-bond donors (Lipinski definition) is 1. The second-order valence-electron chi connectivity index (χ2n) is 6.66. The average molecular weight is 385 g/mol. The SMILES string of the molecule is COc1cc(NC(=O)N2CCN(c3cccc(C)c3)CC2)cc(OC)c1OC. The van der Waals surface area contributed by atoms with Crippen molar-refractivity contribution in [3.63, 3.8) is 0 Å². The Hall–Kier alpha value is -3.09. The monoisotopic (exact) mass is 385 g/mol. The minimum absolute atomic E-state index is 0.141. The smallest absolute Gasteiger partial charge is 0.321 e. The third-order valence-corrected chi connectivity index (χ3v) is 4.85. The Morgan fingerprint density at radius 2 is 1.57 bits per heavy atom. The molecule has 1 heterocycles. The third kappa shape index (κ3) is 4.24. The second kappa shape index (κ2) is 8.73. The number of benzene rings is 2. The number of carbonyl (C=O) groups is 1. The standard InChI is InChI=1S/C21H27N3O4/c1-15-6-5-7-17(12-15)23-8-10-24(11-9-23)21(25)22-16-13-18(26-2)20(28-4)19(14-16)27-3/h5-7,12-14H,8-11H2,1-4H3,(H,22,25). The molecule has 2 aromatic rings. The molecular formula is C21H27N3O4. The van der Waals surface area contributed by atoms with Crippen molar-refractivity contribution < 1.29 is 19.0 Å². The van der Waals surface area contributed by atoms with Crippen molar-refractivity contribution in [1.82, 2.24) is 4.90 Å². The molecule has 0 aliphatic carbocycles. The highest BCUT2D eigenvalue weighted by Crippen LogP contribution is 2.40. The predicted octanol–water partition coefficient (Wildman–Crippen LogP) is 3.37. The zero-order valence-corrected chi connectivity index (χ0v) is 16.8. The summed E-state index contributed by atoms with van der Waals surface area (Å²) in [5.41, 5.74) is 3.03. The minimum atomic E-state index is -0.141. The lowest BCUT2D eigenvalue weighted by atomic mass is 10.2. The highest BCUT2D eigenvalue weighted by atomic mass is 16.5. The van der Waals surface area contributed by atoms with Gasteiger partial charge in [0.2, 0.25) is 5.75 Å². The molecule has 0 aromatic heterocycles. The van der Waals surface area contributed by atoms with E-state index in [1.807, 2.05) is 4.90 Å². The number of urea groups is 1. The number of methoxy groups -OCH3 is 3. The summed E-state index contributed by atoms with van der Waals surface area (Å²) < 4.78 is 16.0. The van der Waals surface area contributed by atoms with Crippen molar-refractivity contribution >= 4 is 17.4 Å². The molecule has 0 spiro atoms. The van der Waals surface area contributed by atoms with Gasteiger partial charge in [-0.25, -0.2) is 4.79 Å². The van der Waals surface area contributed by atoms with E-state index in [0.29, 0.717) is 36.0 Å². The Bertz CT molecular complexity index is 807. The van der Waals surface area contributed by atoms with Gasteiger partial charge in [0.15, 0.2) is 11.5 Å². The number of rotatable bonds is 5. The first-order chi connectivity index (χ1) is 13.5. The highest BCUT2D eigenvalue weighted by Gasteiger charge is 2.22. The number of nitrogens with zero attached hydrogens (tertiary/aromatic N) is 2. The molecule has 2 amide bonds. The van der Waals surface area contributed by atoms with Crippen molar-refractivity contribution in [3.05, 3.63) is 42.0 Å². The van der Waals surface area contributed by atoms with Crippen LogP contribution in [0.5, 0.6) is 17.2 Å². The van der Waals surface area contributed by atoms with Crippen LogP contribution in [0.4, 0.5) is 16.2 Å². The summed E-state index contributed by atoms with van der Waals surface area (Å²) in [5, 5.41) is 2.93. The van der Waals surface area contributed by atoms with E-state index in [1.54, 1.807) is 33.5 Å². The van der Waals surface area contributed by atoms with Gasteiger partial charge in [0.25, 0.3) is 0 Å². The predicted molar refractivity (Wildman–Crippen MR) is 110 cm³/mol. The van der Waals surface area contributed by atoms with Crippen LogP contribution in [0.25, 0.3) is 0 Å². The molecule has 1 aliphatic rings. The number of anilines is 2. The zero-order valence-electron chi connectivity index (χ0n) is 16.8. The third-order valence-electron chi connectivity index (χ3n) is 4.85. The summed E-state index contributed by atoms with van der Waals surface area (Å²) in [4.78, 5) is 16.8. The van der Waals surface area contributed by atoms with E-state index in [2.05, 4.69) is 41.4 Å². The summed E-state index contributed by atoms with van der Waals surface area (Å²) in [6, 6.07) is 11.7. The Labute approximate surface area is 165 Å². The van der Waals surface area contributed by atoms with Crippen molar-refractivity contribution in [2.45, 2.75) is 6.92 Å². The largest absolute Gasteiger partial charge is 0.493 e. The quantitative estimate of drug-likeness (QED) is 0.855. The van der Waals surface area contributed by atoms with Gasteiger partial charge in [0.05, 0.1) is 27.0 Å². The summed E-state index contributed by atoms with van der Waals surface area (Å²) in [7, 11) is 4.65. The topological polar surface area (TPSA) is 63.3 Å². The van der Waals surface area contributed by atoms with Crippen LogP contribution in [-0.4, -0.2) is 58.4 Å². The molecule has 0 saturated carbocycles. The highest BCUT2D eigenvalue weighted by molar-refractivity contribution is 5.90. The molecule has 0 atom stereocenters. The van der Waals surface area contributed by atoms with E-state index in [-0.39, 0.29) is 6.03 Å². The Morgan fingerprint density at radius 3 is 2.11 bits per heavy atom. The molecule has 1 N–H and O–H groups in total. The molecule has 2 aromatic carbocycles. The number of piperazine rings is 1. The van der Waals surface area contributed by atoms with Crippen LogP contribution in [0.2, 0.25) is 0 Å². The van der Waals surface area contributed by atoms with Crippen LogP contribution in [0.3, 0.4) is 0 Å². The molecule has 0 radical (unpaired) electrons. The lowest BCUT2D eigenvalue weighted by molar-refractivity contribution is 0.208. The molecule has 3 rings (SSSR count). The molecule has 7 heteroatoms. The van der Waals surface area contributed by atoms with E-state index in [0.717, 1.165) is 13.1 Å². The number of carbonyl (C=O) groups excluding carboxylic acids is 1. The van der Waals surface area contributed by atoms with E-state index in [9.17, 15) is 4.79 Å². The lowest BCUT2D eigenvalue weighted by Gasteiger charge is -2.36. The van der Waals surface area contributed by atoms with E-state index in [1.165, 1.54) is 11.3 Å². The van der Waals surface area contributed by atoms with Gasteiger partial charge in [-0.15, -0.1) is 0 Å². The maximum Gasteiger partial charge on any atom is 0.321 e.